The van der Waals surface area contributed by atoms with E-state index in [1.807, 2.05) is 20.2 Å². The molecule has 0 heterocycles. The maximum atomic E-state index is 12.3. The van der Waals surface area contributed by atoms with Gasteiger partial charge in [-0.05, 0) is 68.0 Å². The Kier molecular flexibility index (Phi) is 9.86. The number of fused-ring (bicyclic) bond motifs is 1. The molecule has 4 rings (SSSR count). The molecule has 5 nitrogen and oxygen atoms in total. The van der Waals surface area contributed by atoms with Crippen LogP contribution in [0.25, 0.3) is 5.57 Å². The maximum absolute atomic E-state index is 12.3. The van der Waals surface area contributed by atoms with Crippen LogP contribution in [0.3, 0.4) is 0 Å². The van der Waals surface area contributed by atoms with E-state index < -0.39 is 10.9 Å². The van der Waals surface area contributed by atoms with Gasteiger partial charge in [0.05, 0.1) is 0 Å². The molecule has 3 N–H and O–H groups in total. The summed E-state index contributed by atoms with van der Waals surface area (Å²) in [5.74, 6) is 0.400. The van der Waals surface area contributed by atoms with Crippen LogP contribution in [0, 0.1) is 5.92 Å². The molecular weight excluding hydrogens is 434 g/mol. The molecule has 0 spiro atoms. The highest BCUT2D eigenvalue weighted by Crippen LogP contribution is 2.32. The molecule has 0 saturated heterocycles. The SMILES string of the molecule is CC[C@H](CNc1c(N[C@@H](CC)CC2=CCc3ccccc32)c(=O)c1=O)Cc1ccccc1.CNC.[HH].[HH]. The number of benzene rings is 2. The van der Waals surface area contributed by atoms with Crippen LogP contribution in [-0.2, 0) is 12.8 Å². The summed E-state index contributed by atoms with van der Waals surface area (Å²) in [6.45, 7) is 4.96. The van der Waals surface area contributed by atoms with Gasteiger partial charge in [-0.25, -0.2) is 0 Å². The predicted octanol–water partition coefficient (Wildman–Crippen LogP) is 5.51. The zero-order chi connectivity index (χ0) is 25.2. The first kappa shape index (κ1) is 26.4. The minimum atomic E-state index is -0.401. The van der Waals surface area contributed by atoms with Crippen LogP contribution in [0.15, 0.2) is 70.3 Å². The monoisotopic (exact) mass is 477 g/mol. The number of allylic oxidation sites excluding steroid dienone is 1. The molecule has 1 aliphatic rings. The Morgan fingerprint density at radius 3 is 2.20 bits per heavy atom. The molecule has 0 fully saturated rings. The highest BCUT2D eigenvalue weighted by atomic mass is 16.2. The highest BCUT2D eigenvalue weighted by Gasteiger charge is 2.25. The second kappa shape index (κ2) is 13.1. The van der Waals surface area contributed by atoms with Gasteiger partial charge in [-0.15, -0.1) is 0 Å². The van der Waals surface area contributed by atoms with Crippen molar-refractivity contribution in [1.82, 2.24) is 5.32 Å². The molecule has 0 bridgehead atoms. The van der Waals surface area contributed by atoms with Gasteiger partial charge in [-0.3, -0.25) is 9.59 Å². The summed E-state index contributed by atoms with van der Waals surface area (Å²) in [5, 5.41) is 9.43. The van der Waals surface area contributed by atoms with Gasteiger partial charge in [0.1, 0.15) is 11.4 Å². The minimum Gasteiger partial charge on any atom is -0.380 e. The average molecular weight is 478 g/mol. The van der Waals surface area contributed by atoms with Gasteiger partial charge >= 0.3 is 0 Å². The Morgan fingerprint density at radius 2 is 1.51 bits per heavy atom. The van der Waals surface area contributed by atoms with E-state index in [-0.39, 0.29) is 8.90 Å². The molecule has 1 aliphatic carbocycles. The first-order valence-electron chi connectivity index (χ1n) is 12.8. The van der Waals surface area contributed by atoms with Crippen molar-refractivity contribution in [3.63, 3.8) is 0 Å². The van der Waals surface area contributed by atoms with Gasteiger partial charge in [0, 0.05) is 15.4 Å². The third-order valence-corrected chi connectivity index (χ3v) is 6.66. The van der Waals surface area contributed by atoms with Gasteiger partial charge < -0.3 is 16.0 Å². The Morgan fingerprint density at radius 1 is 0.857 bits per heavy atom. The van der Waals surface area contributed by atoms with E-state index >= 15 is 0 Å². The molecule has 35 heavy (non-hydrogen) atoms. The molecule has 0 unspecified atom stereocenters. The lowest BCUT2D eigenvalue weighted by atomic mass is 9.96. The van der Waals surface area contributed by atoms with Crippen LogP contribution in [0.2, 0.25) is 0 Å². The van der Waals surface area contributed by atoms with E-state index in [0.29, 0.717) is 23.8 Å². The molecule has 190 valence electrons. The first-order valence-corrected chi connectivity index (χ1v) is 12.8. The molecule has 5 heteroatoms. The summed E-state index contributed by atoms with van der Waals surface area (Å²) in [6, 6.07) is 19.0. The molecule has 3 aromatic carbocycles. The fraction of sp³-hybridized carbons (Fsp3) is 0.400. The summed E-state index contributed by atoms with van der Waals surface area (Å²) in [6.07, 6.45) is 6.93. The number of rotatable bonds is 11. The quantitative estimate of drug-likeness (QED) is 0.318. The van der Waals surface area contributed by atoms with Crippen LogP contribution >= 0.6 is 0 Å². The second-order valence-corrected chi connectivity index (χ2v) is 9.30. The highest BCUT2D eigenvalue weighted by molar-refractivity contribution is 5.76. The lowest BCUT2D eigenvalue weighted by molar-refractivity contribution is 0.533. The second-order valence-electron chi connectivity index (χ2n) is 9.30. The van der Waals surface area contributed by atoms with Crippen molar-refractivity contribution in [2.75, 3.05) is 31.3 Å². The Bertz CT molecular complexity index is 1190. The third kappa shape index (κ3) is 6.70. The summed E-state index contributed by atoms with van der Waals surface area (Å²) in [7, 11) is 3.75. The molecule has 3 aromatic rings. The van der Waals surface area contributed by atoms with E-state index in [1.54, 1.807) is 0 Å². The van der Waals surface area contributed by atoms with Crippen LogP contribution in [0.1, 0.15) is 52.7 Å². The fourth-order valence-corrected chi connectivity index (χ4v) is 4.57. The smallest absolute Gasteiger partial charge is 0.253 e. The topological polar surface area (TPSA) is 70.2 Å². The van der Waals surface area contributed by atoms with Crippen molar-refractivity contribution in [1.29, 1.82) is 0 Å². The number of anilines is 2. The zero-order valence-corrected chi connectivity index (χ0v) is 21.5. The lowest BCUT2D eigenvalue weighted by Crippen LogP contribution is -2.40. The van der Waals surface area contributed by atoms with Gasteiger partial charge in [-0.1, -0.05) is 80.9 Å². The number of hydrogen-bond donors (Lipinski definition) is 3. The third-order valence-electron chi connectivity index (χ3n) is 6.66. The Labute approximate surface area is 212 Å². The maximum Gasteiger partial charge on any atom is 0.253 e. The Hall–Kier alpha value is -3.18. The summed E-state index contributed by atoms with van der Waals surface area (Å²) in [5.41, 5.74) is 5.40. The summed E-state index contributed by atoms with van der Waals surface area (Å²) < 4.78 is 0. The van der Waals surface area contributed by atoms with Gasteiger partial charge in [0.2, 0.25) is 0 Å². The average Bonchev–Trinajstić information content (AvgIpc) is 3.30. The van der Waals surface area contributed by atoms with E-state index in [1.165, 1.54) is 22.3 Å². The van der Waals surface area contributed by atoms with E-state index in [9.17, 15) is 9.59 Å². The zero-order valence-electron chi connectivity index (χ0n) is 21.5. The Balaban J connectivity index is 0.00000131. The minimum absolute atomic E-state index is 0. The van der Waals surface area contributed by atoms with E-state index in [0.717, 1.165) is 32.1 Å². The fourth-order valence-electron chi connectivity index (χ4n) is 4.57. The van der Waals surface area contributed by atoms with Crippen LogP contribution in [0.5, 0.6) is 0 Å². The molecule has 2 atom stereocenters. The predicted molar refractivity (Wildman–Crippen MR) is 153 cm³/mol. The largest absolute Gasteiger partial charge is 0.380 e. The van der Waals surface area contributed by atoms with E-state index in [4.69, 9.17) is 0 Å². The molecule has 0 saturated carbocycles. The van der Waals surface area contributed by atoms with E-state index in [2.05, 4.69) is 84.4 Å². The van der Waals surface area contributed by atoms with Crippen molar-refractivity contribution in [2.24, 2.45) is 5.92 Å². The molecule has 0 aromatic heterocycles. The standard InChI is InChI=1S/C28H32N2O2.C2H7N.2H2/c1-3-19(16-20-10-6-5-7-11-20)18-29-25-26(28(32)27(25)31)30-23(4-2)17-22-15-14-21-12-8-9-13-24(21)22;1-3-2;;/h5-13,15,19,23,29-30H,3-4,14,16-18H2,1-2H3;3H,1-2H3;2*1H/t19-,23-;;;/m0.../s1. The lowest BCUT2D eigenvalue weighted by Gasteiger charge is -2.24. The molecule has 0 aliphatic heterocycles. The molecule has 0 amide bonds. The molecule has 0 radical (unpaired) electrons. The summed E-state index contributed by atoms with van der Waals surface area (Å²) >= 11 is 0. The van der Waals surface area contributed by atoms with Crippen molar-refractivity contribution < 1.29 is 2.85 Å². The molecular formula is C30H43N3O2. The van der Waals surface area contributed by atoms with Crippen LogP contribution in [-0.4, -0.2) is 26.7 Å². The number of hydrogen-bond acceptors (Lipinski definition) is 5. The van der Waals surface area contributed by atoms with Crippen molar-refractivity contribution in [3.05, 3.63) is 97.8 Å². The van der Waals surface area contributed by atoms with Gasteiger partial charge in [0.25, 0.3) is 10.9 Å². The van der Waals surface area contributed by atoms with Gasteiger partial charge in [-0.2, -0.15) is 0 Å². The first-order chi connectivity index (χ1) is 17.0. The number of nitrogens with one attached hydrogen (secondary N) is 3. The van der Waals surface area contributed by atoms with Crippen molar-refractivity contribution in [3.8, 4) is 0 Å². The van der Waals surface area contributed by atoms with Crippen molar-refractivity contribution in [2.45, 2.75) is 52.0 Å². The van der Waals surface area contributed by atoms with Gasteiger partial charge in [0.15, 0.2) is 0 Å². The normalized spacial score (nSPS) is 13.9. The summed E-state index contributed by atoms with van der Waals surface area (Å²) in [4.78, 5) is 24.6. The van der Waals surface area contributed by atoms with Crippen molar-refractivity contribution >= 4 is 16.9 Å². The van der Waals surface area contributed by atoms with Crippen LogP contribution in [0.4, 0.5) is 11.4 Å². The van der Waals surface area contributed by atoms with Crippen LogP contribution < -0.4 is 26.8 Å².